The molecule has 0 aromatic heterocycles. The molecule has 0 spiro atoms. The molecule has 1 aromatic carbocycles. The van der Waals surface area contributed by atoms with Gasteiger partial charge in [0.1, 0.15) is 23.6 Å². The smallest absolute Gasteiger partial charge is 0.410 e. The topological polar surface area (TPSA) is 134 Å². The standard InChI is InChI=1S/C36H47FN4O7/c1-35(2,3)48-33(45)39-28-13-8-6-4-5-7-11-23-17-36(23,32(44)38-24-14-15-24)18-30(42)29-16-25(20-41(29)31(28)43)47-34(46)40-19-22-10-9-12-27(37)26(22)21-40/h7,9-12,23-25,28-29H,4-6,8,13-21H2,1-3H3,(H,38,44)(H,39,45)/b11-7-/t23-,25-,28+,29+,36-/m1/s1. The Bertz CT molecular complexity index is 1490. The molecule has 11 nitrogen and oxygen atoms in total. The Morgan fingerprint density at radius 2 is 1.81 bits per heavy atom. The Morgan fingerprint density at radius 3 is 2.54 bits per heavy atom. The number of hydrogen-bond acceptors (Lipinski definition) is 7. The fraction of sp³-hybridized carbons (Fsp3) is 0.639. The Morgan fingerprint density at radius 1 is 1.02 bits per heavy atom. The van der Waals surface area contributed by atoms with Crippen LogP contribution in [0.25, 0.3) is 0 Å². The van der Waals surface area contributed by atoms with Crippen molar-refractivity contribution in [3.05, 3.63) is 47.3 Å². The van der Waals surface area contributed by atoms with Crippen molar-refractivity contribution < 1.29 is 37.8 Å². The molecule has 3 aliphatic heterocycles. The van der Waals surface area contributed by atoms with Gasteiger partial charge in [0.25, 0.3) is 0 Å². The predicted molar refractivity (Wildman–Crippen MR) is 173 cm³/mol. The van der Waals surface area contributed by atoms with Gasteiger partial charge in [-0.15, -0.1) is 0 Å². The van der Waals surface area contributed by atoms with Gasteiger partial charge in [0.2, 0.25) is 11.8 Å². The lowest BCUT2D eigenvalue weighted by molar-refractivity contribution is -0.140. The van der Waals surface area contributed by atoms with Crippen molar-refractivity contribution in [2.75, 3.05) is 6.54 Å². The van der Waals surface area contributed by atoms with E-state index in [9.17, 15) is 28.4 Å². The maximum absolute atomic E-state index is 14.4. The summed E-state index contributed by atoms with van der Waals surface area (Å²) in [5.74, 6) is -1.30. The quantitative estimate of drug-likeness (QED) is 0.437. The summed E-state index contributed by atoms with van der Waals surface area (Å²) >= 11 is 0. The van der Waals surface area contributed by atoms with E-state index in [2.05, 4.69) is 22.8 Å². The fourth-order valence-corrected chi connectivity index (χ4v) is 7.23. The molecule has 4 amide bonds. The minimum atomic E-state index is -0.956. The molecule has 48 heavy (non-hydrogen) atoms. The molecule has 2 N–H and O–H groups in total. The van der Waals surface area contributed by atoms with Crippen LogP contribution in [-0.4, -0.2) is 76.0 Å². The summed E-state index contributed by atoms with van der Waals surface area (Å²) < 4.78 is 25.7. The Labute approximate surface area is 280 Å². The third kappa shape index (κ3) is 7.68. The zero-order valence-corrected chi connectivity index (χ0v) is 28.1. The van der Waals surface area contributed by atoms with Gasteiger partial charge < -0.3 is 25.0 Å². The number of nitrogens with zero attached hydrogens (tertiary/aromatic N) is 2. The SMILES string of the molecule is CC(C)(C)OC(=O)N[C@H]1CCCCC/C=C\[C@@H]2C[C@@]2(C(=O)NC2CC2)CC(=O)[C@@H]2C[C@@H](OC(=O)N3Cc4cccc(F)c4C3)CN2C1=O. The number of alkyl carbamates (subject to hydrolysis) is 1. The van der Waals surface area contributed by atoms with E-state index in [0.29, 0.717) is 30.4 Å². The van der Waals surface area contributed by atoms with Crippen molar-refractivity contribution in [1.82, 2.24) is 20.4 Å². The first-order valence-electron chi connectivity index (χ1n) is 17.3. The van der Waals surface area contributed by atoms with Gasteiger partial charge in [-0.25, -0.2) is 14.0 Å². The number of amides is 4. The highest BCUT2D eigenvalue weighted by atomic mass is 19.1. The number of rotatable bonds is 4. The summed E-state index contributed by atoms with van der Waals surface area (Å²) in [5.41, 5.74) is -0.508. The zero-order valence-electron chi connectivity index (χ0n) is 28.1. The second-order valence-corrected chi connectivity index (χ2v) is 15.1. The van der Waals surface area contributed by atoms with Crippen LogP contribution in [0.2, 0.25) is 0 Å². The van der Waals surface area contributed by atoms with Crippen LogP contribution in [0.5, 0.6) is 0 Å². The van der Waals surface area contributed by atoms with E-state index in [0.717, 1.165) is 32.1 Å². The van der Waals surface area contributed by atoms with Gasteiger partial charge in [-0.1, -0.05) is 37.1 Å². The summed E-state index contributed by atoms with van der Waals surface area (Å²) in [6.45, 7) is 5.42. The van der Waals surface area contributed by atoms with Crippen molar-refractivity contribution in [2.45, 2.75) is 128 Å². The van der Waals surface area contributed by atoms with Crippen LogP contribution < -0.4 is 10.6 Å². The Kier molecular flexibility index (Phi) is 9.55. The lowest BCUT2D eigenvalue weighted by atomic mass is 9.90. The molecule has 2 saturated carbocycles. The van der Waals surface area contributed by atoms with Crippen molar-refractivity contribution in [3.8, 4) is 0 Å². The number of ether oxygens (including phenoxy) is 2. The molecule has 5 aliphatic rings. The van der Waals surface area contributed by atoms with Crippen LogP contribution >= 0.6 is 0 Å². The first kappa shape index (κ1) is 33.9. The first-order chi connectivity index (χ1) is 22.8. The van der Waals surface area contributed by atoms with E-state index in [1.165, 1.54) is 15.9 Å². The molecular formula is C36H47FN4O7. The molecular weight excluding hydrogens is 619 g/mol. The number of nitrogens with one attached hydrogen (secondary N) is 2. The normalized spacial score (nSPS) is 29.8. The maximum atomic E-state index is 14.4. The van der Waals surface area contributed by atoms with Crippen molar-refractivity contribution in [2.24, 2.45) is 11.3 Å². The summed E-state index contributed by atoms with van der Waals surface area (Å²) in [4.78, 5) is 71.0. The highest BCUT2D eigenvalue weighted by Gasteiger charge is 2.61. The number of fused-ring (bicyclic) bond motifs is 3. The Balaban J connectivity index is 1.23. The van der Waals surface area contributed by atoms with Crippen LogP contribution in [0.1, 0.15) is 96.1 Å². The number of carbonyl (C=O) groups is 5. The molecule has 0 radical (unpaired) electrons. The molecule has 12 heteroatoms. The average molecular weight is 667 g/mol. The molecule has 2 aliphatic carbocycles. The lowest BCUT2D eigenvalue weighted by Crippen LogP contribution is -2.53. The van der Waals surface area contributed by atoms with Gasteiger partial charge in [0.15, 0.2) is 5.78 Å². The summed E-state index contributed by atoms with van der Waals surface area (Å²) in [7, 11) is 0. The van der Waals surface area contributed by atoms with E-state index in [-0.39, 0.29) is 61.9 Å². The fourth-order valence-electron chi connectivity index (χ4n) is 7.23. The van der Waals surface area contributed by atoms with Gasteiger partial charge in [-0.3, -0.25) is 19.3 Å². The predicted octanol–water partition coefficient (Wildman–Crippen LogP) is 4.91. The van der Waals surface area contributed by atoms with Gasteiger partial charge >= 0.3 is 12.2 Å². The minimum absolute atomic E-state index is 0.0411. The monoisotopic (exact) mass is 666 g/mol. The number of benzene rings is 1. The molecule has 260 valence electrons. The summed E-state index contributed by atoms with van der Waals surface area (Å²) in [6, 6.07) is 2.95. The Hall–Kier alpha value is -3.96. The van der Waals surface area contributed by atoms with Crippen LogP contribution in [0, 0.1) is 17.2 Å². The number of halogens is 1. The molecule has 6 rings (SSSR count). The molecule has 1 aromatic rings. The van der Waals surface area contributed by atoms with Gasteiger partial charge in [-0.2, -0.15) is 0 Å². The molecule has 0 bridgehead atoms. The van der Waals surface area contributed by atoms with Crippen molar-refractivity contribution in [3.63, 3.8) is 0 Å². The van der Waals surface area contributed by atoms with E-state index in [1.54, 1.807) is 32.9 Å². The van der Waals surface area contributed by atoms with E-state index in [1.807, 2.05) is 0 Å². The van der Waals surface area contributed by atoms with Gasteiger partial charge in [0.05, 0.1) is 24.5 Å². The third-order valence-electron chi connectivity index (χ3n) is 10.1. The lowest BCUT2D eigenvalue weighted by Gasteiger charge is -2.30. The average Bonchev–Trinajstić information content (AvgIpc) is 3.86. The largest absolute Gasteiger partial charge is 0.444 e. The zero-order chi connectivity index (χ0) is 34.2. The van der Waals surface area contributed by atoms with E-state index >= 15 is 0 Å². The van der Waals surface area contributed by atoms with Gasteiger partial charge in [0, 0.05) is 31.0 Å². The molecule has 3 fully saturated rings. The van der Waals surface area contributed by atoms with E-state index in [4.69, 9.17) is 9.47 Å². The van der Waals surface area contributed by atoms with E-state index < -0.39 is 47.3 Å². The summed E-state index contributed by atoms with van der Waals surface area (Å²) in [6.07, 6.45) is 7.90. The number of ketones is 1. The molecule has 0 unspecified atom stereocenters. The molecule has 3 heterocycles. The number of hydrogen-bond donors (Lipinski definition) is 2. The third-order valence-corrected chi connectivity index (χ3v) is 10.1. The number of allylic oxidation sites excluding steroid dienone is 2. The van der Waals surface area contributed by atoms with Crippen LogP contribution in [-0.2, 0) is 36.9 Å². The number of Topliss-reactive ketones (excluding diaryl/α,β-unsaturated/α-hetero) is 1. The summed E-state index contributed by atoms with van der Waals surface area (Å²) in [5, 5.41) is 5.83. The van der Waals surface area contributed by atoms with Crippen molar-refractivity contribution in [1.29, 1.82) is 0 Å². The highest BCUT2D eigenvalue weighted by molar-refractivity contribution is 5.97. The number of carbonyl (C=O) groups excluding carboxylic acids is 5. The second kappa shape index (κ2) is 13.5. The highest BCUT2D eigenvalue weighted by Crippen LogP contribution is 2.57. The van der Waals surface area contributed by atoms with Gasteiger partial charge in [-0.05, 0) is 76.8 Å². The first-order valence-corrected chi connectivity index (χ1v) is 17.3. The molecule has 1 saturated heterocycles. The van der Waals surface area contributed by atoms with Crippen molar-refractivity contribution >= 4 is 29.8 Å². The van der Waals surface area contributed by atoms with Crippen LogP contribution in [0.15, 0.2) is 30.4 Å². The van der Waals surface area contributed by atoms with Crippen LogP contribution in [0.3, 0.4) is 0 Å². The maximum Gasteiger partial charge on any atom is 0.410 e. The van der Waals surface area contributed by atoms with Crippen LogP contribution in [0.4, 0.5) is 14.0 Å². The molecule has 5 atom stereocenters. The minimum Gasteiger partial charge on any atom is -0.444 e. The second-order valence-electron chi connectivity index (χ2n) is 15.1.